The van der Waals surface area contributed by atoms with Gasteiger partial charge >= 0.3 is 0 Å². The maximum Gasteiger partial charge on any atom is -0.00882 e. The van der Waals surface area contributed by atoms with E-state index in [0.29, 0.717) is 0 Å². The Morgan fingerprint density at radius 3 is 2.64 bits per heavy atom. The Kier molecular flexibility index (Phi) is 1.60. The van der Waals surface area contributed by atoms with Crippen molar-refractivity contribution >= 4 is 0 Å². The molecule has 0 nitrogen and oxygen atoms in total. The summed E-state index contributed by atoms with van der Waals surface area (Å²) in [6.45, 7) is 0. The Hall–Kier alpha value is -1.30. The van der Waals surface area contributed by atoms with E-state index in [4.69, 9.17) is 0 Å². The SMILES string of the molecule is C1=CC2=C/C=C/C=C/C=C\2C1. The molecule has 0 heterocycles. The van der Waals surface area contributed by atoms with Crippen LogP contribution in [0.3, 0.4) is 0 Å². The lowest BCUT2D eigenvalue weighted by atomic mass is 10.1. The average Bonchev–Trinajstić information content (AvgIpc) is 2.35. The van der Waals surface area contributed by atoms with E-state index in [1.165, 1.54) is 11.1 Å². The Morgan fingerprint density at radius 1 is 0.909 bits per heavy atom. The smallest absolute Gasteiger partial charge is 0.00882 e. The van der Waals surface area contributed by atoms with Crippen molar-refractivity contribution in [3.05, 3.63) is 59.8 Å². The first-order chi connectivity index (χ1) is 5.47. The quantitative estimate of drug-likeness (QED) is 0.488. The molecule has 0 N–H and O–H groups in total. The van der Waals surface area contributed by atoms with Crippen LogP contribution in [0.1, 0.15) is 6.42 Å². The van der Waals surface area contributed by atoms with Crippen molar-refractivity contribution in [3.63, 3.8) is 0 Å². The van der Waals surface area contributed by atoms with Crippen LogP contribution in [0.4, 0.5) is 0 Å². The molecule has 0 unspecified atom stereocenters. The molecule has 0 heteroatoms. The molecule has 0 aromatic rings. The van der Waals surface area contributed by atoms with Crippen molar-refractivity contribution in [1.82, 2.24) is 0 Å². The lowest BCUT2D eigenvalue weighted by molar-refractivity contribution is 1.31. The fraction of sp³-hybridized carbons (Fsp3) is 0.0909. The van der Waals surface area contributed by atoms with E-state index >= 15 is 0 Å². The molecule has 0 aromatic carbocycles. The van der Waals surface area contributed by atoms with Crippen LogP contribution in [0.5, 0.6) is 0 Å². The maximum absolute atomic E-state index is 2.20. The summed E-state index contributed by atoms with van der Waals surface area (Å²) in [5, 5.41) is 0. The van der Waals surface area contributed by atoms with Gasteiger partial charge in [-0.25, -0.2) is 0 Å². The molecule has 2 aliphatic rings. The van der Waals surface area contributed by atoms with Crippen molar-refractivity contribution < 1.29 is 0 Å². The first-order valence-electron chi connectivity index (χ1n) is 3.88. The van der Waals surface area contributed by atoms with Gasteiger partial charge in [-0.1, -0.05) is 48.6 Å². The summed E-state index contributed by atoms with van der Waals surface area (Å²) in [6, 6.07) is 0. The Bertz CT molecular complexity index is 296. The second-order valence-electron chi connectivity index (χ2n) is 2.69. The van der Waals surface area contributed by atoms with Crippen LogP contribution >= 0.6 is 0 Å². The minimum Gasteiger partial charge on any atom is -0.0795 e. The first-order valence-corrected chi connectivity index (χ1v) is 3.88. The number of hydrogen-bond donors (Lipinski definition) is 0. The van der Waals surface area contributed by atoms with Crippen molar-refractivity contribution in [2.75, 3.05) is 0 Å². The maximum atomic E-state index is 2.20. The molecule has 0 radical (unpaired) electrons. The molecule has 0 spiro atoms. The van der Waals surface area contributed by atoms with Gasteiger partial charge in [0.25, 0.3) is 0 Å². The van der Waals surface area contributed by atoms with E-state index in [1.54, 1.807) is 0 Å². The van der Waals surface area contributed by atoms with Gasteiger partial charge in [-0.05, 0) is 17.6 Å². The van der Waals surface area contributed by atoms with Crippen molar-refractivity contribution in [3.8, 4) is 0 Å². The molecule has 0 amide bonds. The highest BCUT2D eigenvalue weighted by Crippen LogP contribution is 2.23. The number of allylic oxidation sites excluding steroid dienone is 10. The highest BCUT2D eigenvalue weighted by atomic mass is 14.1. The molecule has 0 aromatic heterocycles. The van der Waals surface area contributed by atoms with Gasteiger partial charge in [0.15, 0.2) is 0 Å². The minimum absolute atomic E-state index is 1.09. The number of hydrogen-bond acceptors (Lipinski definition) is 0. The third kappa shape index (κ3) is 1.25. The average molecular weight is 142 g/mol. The van der Waals surface area contributed by atoms with Crippen LogP contribution in [-0.2, 0) is 0 Å². The Labute approximate surface area is 66.9 Å². The third-order valence-corrected chi connectivity index (χ3v) is 1.91. The Balaban J connectivity index is 2.41. The number of rotatable bonds is 0. The molecule has 0 atom stereocenters. The van der Waals surface area contributed by atoms with Gasteiger partial charge in [-0.2, -0.15) is 0 Å². The standard InChI is InChI=1S/C11H10/c1-2-4-7-11-9-5-8-10(11)6-3-1/h1-8H,9H2/b2-1?,3-1+,4-2+,6-3?,7-4?,10-6-,11-7-. The zero-order valence-electron chi connectivity index (χ0n) is 6.33. The molecule has 54 valence electrons. The summed E-state index contributed by atoms with van der Waals surface area (Å²) in [5.41, 5.74) is 2.77. The lowest BCUT2D eigenvalue weighted by Crippen LogP contribution is -1.78. The van der Waals surface area contributed by atoms with Crippen LogP contribution in [0.25, 0.3) is 0 Å². The van der Waals surface area contributed by atoms with Gasteiger partial charge < -0.3 is 0 Å². The lowest BCUT2D eigenvalue weighted by Gasteiger charge is -1.97. The summed E-state index contributed by atoms with van der Waals surface area (Å²) < 4.78 is 0. The highest BCUT2D eigenvalue weighted by Gasteiger charge is 2.04. The Morgan fingerprint density at radius 2 is 1.73 bits per heavy atom. The van der Waals surface area contributed by atoms with Gasteiger partial charge in [0.1, 0.15) is 0 Å². The van der Waals surface area contributed by atoms with Crippen LogP contribution in [0, 0.1) is 0 Å². The van der Waals surface area contributed by atoms with Gasteiger partial charge in [0.05, 0.1) is 0 Å². The zero-order chi connectivity index (χ0) is 7.52. The van der Waals surface area contributed by atoms with Crippen LogP contribution in [-0.4, -0.2) is 0 Å². The van der Waals surface area contributed by atoms with Crippen LogP contribution in [0.15, 0.2) is 59.8 Å². The molecule has 0 aliphatic heterocycles. The zero-order valence-corrected chi connectivity index (χ0v) is 6.33. The normalized spacial score (nSPS) is 35.6. The summed E-state index contributed by atoms with van der Waals surface area (Å²) in [6.07, 6.45) is 18.1. The van der Waals surface area contributed by atoms with E-state index < -0.39 is 0 Å². The summed E-state index contributed by atoms with van der Waals surface area (Å²) >= 11 is 0. The minimum atomic E-state index is 1.09. The second-order valence-corrected chi connectivity index (χ2v) is 2.69. The van der Waals surface area contributed by atoms with Crippen LogP contribution < -0.4 is 0 Å². The third-order valence-electron chi connectivity index (χ3n) is 1.91. The van der Waals surface area contributed by atoms with E-state index in [9.17, 15) is 0 Å². The van der Waals surface area contributed by atoms with E-state index in [-0.39, 0.29) is 0 Å². The van der Waals surface area contributed by atoms with Gasteiger partial charge in [0, 0.05) is 0 Å². The monoisotopic (exact) mass is 142 g/mol. The van der Waals surface area contributed by atoms with E-state index in [0.717, 1.165) is 6.42 Å². The topological polar surface area (TPSA) is 0 Å². The molecule has 11 heavy (non-hydrogen) atoms. The summed E-state index contributed by atoms with van der Waals surface area (Å²) in [5.74, 6) is 0. The number of fused-ring (bicyclic) bond motifs is 1. The molecular weight excluding hydrogens is 132 g/mol. The van der Waals surface area contributed by atoms with Gasteiger partial charge in [0.2, 0.25) is 0 Å². The molecule has 2 aliphatic carbocycles. The van der Waals surface area contributed by atoms with Gasteiger partial charge in [-0.3, -0.25) is 0 Å². The predicted octanol–water partition coefficient (Wildman–Crippen LogP) is 2.93. The predicted molar refractivity (Wildman–Crippen MR) is 48.2 cm³/mol. The molecule has 0 saturated carbocycles. The van der Waals surface area contributed by atoms with Gasteiger partial charge in [-0.15, -0.1) is 0 Å². The molecule has 0 bridgehead atoms. The summed E-state index contributed by atoms with van der Waals surface area (Å²) in [4.78, 5) is 0. The molecular formula is C11H10. The summed E-state index contributed by atoms with van der Waals surface area (Å²) in [7, 11) is 0. The van der Waals surface area contributed by atoms with E-state index in [1.807, 2.05) is 6.08 Å². The second kappa shape index (κ2) is 2.75. The first kappa shape index (κ1) is 6.41. The molecule has 2 rings (SSSR count). The molecule has 0 fully saturated rings. The largest absolute Gasteiger partial charge is 0.0795 e. The molecule has 0 saturated heterocycles. The van der Waals surface area contributed by atoms with Crippen molar-refractivity contribution in [1.29, 1.82) is 0 Å². The van der Waals surface area contributed by atoms with Crippen molar-refractivity contribution in [2.45, 2.75) is 6.42 Å². The van der Waals surface area contributed by atoms with Crippen LogP contribution in [0.2, 0.25) is 0 Å². The van der Waals surface area contributed by atoms with Crippen molar-refractivity contribution in [2.24, 2.45) is 0 Å². The van der Waals surface area contributed by atoms with E-state index in [2.05, 4.69) is 42.5 Å². The fourth-order valence-corrected chi connectivity index (χ4v) is 1.32. The highest BCUT2D eigenvalue weighted by molar-refractivity contribution is 5.50. The fourth-order valence-electron chi connectivity index (χ4n) is 1.32.